The summed E-state index contributed by atoms with van der Waals surface area (Å²) in [7, 11) is 1.66. The minimum absolute atomic E-state index is 0.153. The summed E-state index contributed by atoms with van der Waals surface area (Å²) in [5.41, 5.74) is 2.38. The molecule has 1 amide bonds. The van der Waals surface area contributed by atoms with Crippen molar-refractivity contribution >= 4 is 29.0 Å². The first-order valence-electron chi connectivity index (χ1n) is 6.22. The number of methoxy groups -OCH3 is 1. The van der Waals surface area contributed by atoms with Crippen molar-refractivity contribution < 1.29 is 9.53 Å². The summed E-state index contributed by atoms with van der Waals surface area (Å²) in [6, 6.07) is 5.99. The van der Waals surface area contributed by atoms with E-state index in [-0.39, 0.29) is 5.91 Å². The van der Waals surface area contributed by atoms with Crippen LogP contribution in [0.1, 0.15) is 11.1 Å². The number of thioether (sulfide) groups is 1. The van der Waals surface area contributed by atoms with E-state index in [9.17, 15) is 4.79 Å². The van der Waals surface area contributed by atoms with Gasteiger partial charge in [0.15, 0.2) is 0 Å². The predicted octanol–water partition coefficient (Wildman–Crippen LogP) is 2.79. The van der Waals surface area contributed by atoms with Gasteiger partial charge in [-0.05, 0) is 23.3 Å². The number of benzene rings is 1. The van der Waals surface area contributed by atoms with Gasteiger partial charge in [0.05, 0.1) is 12.9 Å². The quantitative estimate of drug-likeness (QED) is 0.815. The van der Waals surface area contributed by atoms with Crippen LogP contribution in [0, 0.1) is 0 Å². The number of hydrogen-bond acceptors (Lipinski definition) is 5. The molecule has 20 heavy (non-hydrogen) atoms. The molecule has 0 bridgehead atoms. The highest BCUT2D eigenvalue weighted by Gasteiger charge is 2.23. The lowest BCUT2D eigenvalue weighted by Crippen LogP contribution is -2.26. The van der Waals surface area contributed by atoms with Crippen LogP contribution in [0.2, 0.25) is 0 Å². The smallest absolute Gasteiger partial charge is 0.233 e. The van der Waals surface area contributed by atoms with Crippen LogP contribution in [-0.4, -0.2) is 28.7 Å². The van der Waals surface area contributed by atoms with Gasteiger partial charge < -0.3 is 9.64 Å². The molecule has 0 unspecified atom stereocenters. The van der Waals surface area contributed by atoms with Crippen molar-refractivity contribution in [2.24, 2.45) is 0 Å². The van der Waals surface area contributed by atoms with E-state index >= 15 is 0 Å². The molecule has 0 N–H and O–H groups in total. The summed E-state index contributed by atoms with van der Waals surface area (Å²) in [5, 5.41) is 1.92. The van der Waals surface area contributed by atoms with Gasteiger partial charge in [0.25, 0.3) is 0 Å². The van der Waals surface area contributed by atoms with E-state index in [0.717, 1.165) is 10.1 Å². The second-order valence-corrected chi connectivity index (χ2v) is 6.59. The lowest BCUT2D eigenvalue weighted by Gasteiger charge is -2.14. The van der Waals surface area contributed by atoms with Crippen molar-refractivity contribution in [2.45, 2.75) is 17.4 Å². The Morgan fingerprint density at radius 2 is 2.30 bits per heavy atom. The van der Waals surface area contributed by atoms with Crippen molar-refractivity contribution in [2.75, 3.05) is 12.9 Å². The SMILES string of the molecule is COc1ccc2c(c1)CN(C(=O)CSc1nccs1)C2. The van der Waals surface area contributed by atoms with Gasteiger partial charge in [0, 0.05) is 24.7 Å². The molecule has 0 atom stereocenters. The molecular formula is C14H14N2O2S2. The summed E-state index contributed by atoms with van der Waals surface area (Å²) in [6.07, 6.45) is 1.76. The van der Waals surface area contributed by atoms with Gasteiger partial charge in [-0.2, -0.15) is 0 Å². The van der Waals surface area contributed by atoms with E-state index in [1.165, 1.54) is 22.9 Å². The number of amides is 1. The summed E-state index contributed by atoms with van der Waals surface area (Å²) < 4.78 is 6.16. The third-order valence-corrected chi connectivity index (χ3v) is 5.17. The maximum absolute atomic E-state index is 12.2. The molecule has 4 nitrogen and oxygen atoms in total. The molecule has 0 saturated carbocycles. The van der Waals surface area contributed by atoms with Crippen LogP contribution in [0.15, 0.2) is 34.1 Å². The average Bonchev–Trinajstić information content (AvgIpc) is 3.12. The summed E-state index contributed by atoms with van der Waals surface area (Å²) in [5.74, 6) is 1.44. The molecule has 0 fully saturated rings. The minimum atomic E-state index is 0.153. The zero-order chi connectivity index (χ0) is 13.9. The fourth-order valence-electron chi connectivity index (χ4n) is 2.17. The third kappa shape index (κ3) is 2.81. The van der Waals surface area contributed by atoms with Gasteiger partial charge in [-0.25, -0.2) is 4.98 Å². The van der Waals surface area contributed by atoms with Gasteiger partial charge in [0.2, 0.25) is 5.91 Å². The number of hydrogen-bond donors (Lipinski definition) is 0. The van der Waals surface area contributed by atoms with Gasteiger partial charge in [-0.1, -0.05) is 17.8 Å². The second kappa shape index (κ2) is 5.85. The monoisotopic (exact) mass is 306 g/mol. The van der Waals surface area contributed by atoms with Gasteiger partial charge in [0.1, 0.15) is 10.1 Å². The Hall–Kier alpha value is -1.53. The van der Waals surface area contributed by atoms with Crippen LogP contribution in [0.5, 0.6) is 5.75 Å². The Morgan fingerprint density at radius 3 is 3.05 bits per heavy atom. The Bertz CT molecular complexity index is 614. The number of thiazole rings is 1. The molecule has 0 radical (unpaired) electrons. The van der Waals surface area contributed by atoms with E-state index in [1.807, 2.05) is 28.5 Å². The maximum atomic E-state index is 12.2. The van der Waals surface area contributed by atoms with Crippen molar-refractivity contribution in [3.05, 3.63) is 40.9 Å². The van der Waals surface area contributed by atoms with Gasteiger partial charge >= 0.3 is 0 Å². The molecule has 3 rings (SSSR count). The summed E-state index contributed by atoms with van der Waals surface area (Å²) in [4.78, 5) is 18.3. The topological polar surface area (TPSA) is 42.4 Å². The molecule has 104 valence electrons. The normalized spacial score (nSPS) is 13.3. The van der Waals surface area contributed by atoms with Crippen LogP contribution in [0.25, 0.3) is 0 Å². The Balaban J connectivity index is 1.61. The van der Waals surface area contributed by atoms with E-state index < -0.39 is 0 Å². The average molecular weight is 306 g/mol. The van der Waals surface area contributed by atoms with E-state index in [4.69, 9.17) is 4.74 Å². The number of rotatable bonds is 4. The number of fused-ring (bicyclic) bond motifs is 1. The molecule has 1 aromatic heterocycles. The number of ether oxygens (including phenoxy) is 1. The van der Waals surface area contributed by atoms with Crippen LogP contribution in [-0.2, 0) is 17.9 Å². The molecule has 2 heterocycles. The van der Waals surface area contributed by atoms with Gasteiger partial charge in [-0.15, -0.1) is 11.3 Å². The van der Waals surface area contributed by atoms with Crippen LogP contribution in [0.3, 0.4) is 0 Å². The molecule has 2 aromatic rings. The van der Waals surface area contributed by atoms with E-state index in [2.05, 4.69) is 4.98 Å². The van der Waals surface area contributed by atoms with Crippen LogP contribution < -0.4 is 4.74 Å². The third-order valence-electron chi connectivity index (χ3n) is 3.22. The molecule has 1 aromatic carbocycles. The highest BCUT2D eigenvalue weighted by molar-refractivity contribution is 8.01. The fourth-order valence-corrected chi connectivity index (χ4v) is 3.71. The molecule has 1 aliphatic heterocycles. The van der Waals surface area contributed by atoms with Crippen molar-refractivity contribution in [1.82, 2.24) is 9.88 Å². The number of nitrogens with zero attached hydrogens (tertiary/aromatic N) is 2. The summed E-state index contributed by atoms with van der Waals surface area (Å²) >= 11 is 3.06. The maximum Gasteiger partial charge on any atom is 0.233 e. The molecule has 0 aliphatic carbocycles. The van der Waals surface area contributed by atoms with Crippen molar-refractivity contribution in [3.8, 4) is 5.75 Å². The first-order valence-corrected chi connectivity index (χ1v) is 8.08. The molecule has 0 spiro atoms. The Kier molecular flexibility index (Phi) is 3.93. The van der Waals surface area contributed by atoms with Crippen molar-refractivity contribution in [3.63, 3.8) is 0 Å². The first-order chi connectivity index (χ1) is 9.76. The second-order valence-electron chi connectivity index (χ2n) is 4.47. The molecule has 6 heteroatoms. The standard InChI is InChI=1S/C14H14N2O2S2/c1-18-12-3-2-10-7-16(8-11(10)6-12)13(17)9-20-14-15-4-5-19-14/h2-6H,7-9H2,1H3. The highest BCUT2D eigenvalue weighted by atomic mass is 32.2. The first kappa shape index (κ1) is 13.5. The van der Waals surface area contributed by atoms with E-state index in [1.54, 1.807) is 24.6 Å². The van der Waals surface area contributed by atoms with Gasteiger partial charge in [-0.3, -0.25) is 4.79 Å². The lowest BCUT2D eigenvalue weighted by molar-refractivity contribution is -0.128. The molecule has 0 saturated heterocycles. The predicted molar refractivity (Wildman–Crippen MR) is 80.1 cm³/mol. The van der Waals surface area contributed by atoms with Crippen LogP contribution >= 0.6 is 23.1 Å². The highest BCUT2D eigenvalue weighted by Crippen LogP contribution is 2.28. The summed E-state index contributed by atoms with van der Waals surface area (Å²) in [6.45, 7) is 1.36. The zero-order valence-corrected chi connectivity index (χ0v) is 12.7. The molecular weight excluding hydrogens is 292 g/mol. The Morgan fingerprint density at radius 1 is 1.45 bits per heavy atom. The molecule has 1 aliphatic rings. The Labute approximate surface area is 125 Å². The lowest BCUT2D eigenvalue weighted by atomic mass is 10.1. The minimum Gasteiger partial charge on any atom is -0.497 e. The number of carbonyl (C=O) groups excluding carboxylic acids is 1. The van der Waals surface area contributed by atoms with E-state index in [0.29, 0.717) is 18.8 Å². The zero-order valence-electron chi connectivity index (χ0n) is 11.0. The fraction of sp³-hybridized carbons (Fsp3) is 0.286. The van der Waals surface area contributed by atoms with Crippen LogP contribution in [0.4, 0.5) is 0 Å². The van der Waals surface area contributed by atoms with Crippen molar-refractivity contribution in [1.29, 1.82) is 0 Å². The number of aromatic nitrogens is 1. The number of carbonyl (C=O) groups is 1. The largest absolute Gasteiger partial charge is 0.497 e.